The minimum absolute atomic E-state index is 0.109. The third-order valence-corrected chi connectivity index (χ3v) is 6.18. The molecule has 4 aliphatic rings. The van der Waals surface area contributed by atoms with E-state index in [0.29, 0.717) is 30.7 Å². The van der Waals surface area contributed by atoms with Gasteiger partial charge in [0.1, 0.15) is 6.33 Å². The van der Waals surface area contributed by atoms with Crippen molar-refractivity contribution in [2.45, 2.75) is 69.0 Å². The lowest BCUT2D eigenvalue weighted by Gasteiger charge is -2.53. The molecule has 24 heavy (non-hydrogen) atoms. The molecule has 0 aromatic carbocycles. The van der Waals surface area contributed by atoms with Gasteiger partial charge >= 0.3 is 6.18 Å². The first-order valence-corrected chi connectivity index (χ1v) is 8.53. The van der Waals surface area contributed by atoms with Crippen molar-refractivity contribution in [3.05, 3.63) is 23.8 Å². The monoisotopic (exact) mass is 339 g/mol. The fourth-order valence-electron chi connectivity index (χ4n) is 4.30. The van der Waals surface area contributed by atoms with Crippen LogP contribution >= 0.6 is 0 Å². The molecule has 4 fully saturated rings. The topological polar surface area (TPSA) is 54.9 Å². The number of rotatable bonds is 3. The Morgan fingerprint density at radius 1 is 1.12 bits per heavy atom. The number of alkyl halides is 3. The number of hydrogen-bond donors (Lipinski definition) is 1. The van der Waals surface area contributed by atoms with Gasteiger partial charge in [0.25, 0.3) is 5.91 Å². The molecule has 0 unspecified atom stereocenters. The number of aromatic nitrogens is 2. The van der Waals surface area contributed by atoms with Crippen molar-refractivity contribution in [2.75, 3.05) is 0 Å². The van der Waals surface area contributed by atoms with Crippen molar-refractivity contribution in [3.63, 3.8) is 0 Å². The van der Waals surface area contributed by atoms with Gasteiger partial charge < -0.3 is 5.32 Å². The summed E-state index contributed by atoms with van der Waals surface area (Å²) in [5, 5.41) is 3.04. The van der Waals surface area contributed by atoms with Gasteiger partial charge in [-0.1, -0.05) is 0 Å². The first-order valence-electron chi connectivity index (χ1n) is 8.53. The second kappa shape index (κ2) is 5.17. The summed E-state index contributed by atoms with van der Waals surface area (Å²) in [7, 11) is 0. The summed E-state index contributed by atoms with van der Waals surface area (Å²) in [6, 6.07) is 0. The van der Waals surface area contributed by atoms with Gasteiger partial charge in [0.15, 0.2) is 0 Å². The average Bonchev–Trinajstić information content (AvgIpc) is 3.40. The van der Waals surface area contributed by atoms with E-state index in [4.69, 9.17) is 0 Å². The predicted octanol–water partition coefficient (Wildman–Crippen LogP) is 3.74. The lowest BCUT2D eigenvalue weighted by molar-refractivity contribution is -0.253. The number of fused-ring (bicyclic) bond motifs is 3. The maximum atomic E-state index is 13.3. The Bertz CT molecular complexity index is 645. The number of carbonyl (C=O) groups is 1. The van der Waals surface area contributed by atoms with Crippen LogP contribution in [-0.4, -0.2) is 27.6 Å². The van der Waals surface area contributed by atoms with Crippen molar-refractivity contribution in [3.8, 4) is 0 Å². The largest absolute Gasteiger partial charge is 0.394 e. The summed E-state index contributed by atoms with van der Waals surface area (Å²) in [5.41, 5.74) is -0.780. The van der Waals surface area contributed by atoms with Crippen LogP contribution < -0.4 is 5.32 Å². The van der Waals surface area contributed by atoms with Crippen LogP contribution in [0.5, 0.6) is 0 Å². The highest BCUT2D eigenvalue weighted by molar-refractivity contribution is 5.95. The molecule has 0 spiro atoms. The van der Waals surface area contributed by atoms with E-state index in [9.17, 15) is 18.0 Å². The highest BCUT2D eigenvalue weighted by Crippen LogP contribution is 2.59. The lowest BCUT2D eigenvalue weighted by Crippen LogP contribution is -2.59. The first kappa shape index (κ1) is 15.8. The Morgan fingerprint density at radius 2 is 1.75 bits per heavy atom. The van der Waals surface area contributed by atoms with Crippen LogP contribution in [0.1, 0.15) is 73.3 Å². The molecule has 4 aliphatic carbocycles. The number of amides is 1. The molecule has 0 atom stereocenters. The maximum Gasteiger partial charge on any atom is 0.394 e. The first-order chi connectivity index (χ1) is 11.3. The van der Waals surface area contributed by atoms with Gasteiger partial charge in [-0.15, -0.1) is 0 Å². The highest BCUT2D eigenvalue weighted by Gasteiger charge is 2.61. The van der Waals surface area contributed by atoms with Gasteiger partial charge in [0.2, 0.25) is 0 Å². The quantitative estimate of drug-likeness (QED) is 0.913. The molecule has 130 valence electrons. The molecule has 1 aromatic heterocycles. The minimum Gasteiger partial charge on any atom is -0.346 e. The molecule has 1 aromatic rings. The van der Waals surface area contributed by atoms with E-state index in [1.165, 1.54) is 12.5 Å². The third-order valence-electron chi connectivity index (χ3n) is 6.18. The predicted molar refractivity (Wildman–Crippen MR) is 80.4 cm³/mol. The molecule has 1 heterocycles. The summed E-state index contributed by atoms with van der Waals surface area (Å²) >= 11 is 0. The highest BCUT2D eigenvalue weighted by atomic mass is 19.4. The molecule has 1 N–H and O–H groups in total. The molecule has 2 bridgehead atoms. The minimum atomic E-state index is -4.14. The summed E-state index contributed by atoms with van der Waals surface area (Å²) in [6.45, 7) is 0. The molecular formula is C17H20F3N3O. The summed E-state index contributed by atoms with van der Waals surface area (Å²) in [5.74, 6) is 0.0840. The second-order valence-electron chi connectivity index (χ2n) is 7.61. The molecule has 0 aliphatic heterocycles. The maximum absolute atomic E-state index is 13.3. The van der Waals surface area contributed by atoms with Gasteiger partial charge in [-0.05, 0) is 51.4 Å². The lowest BCUT2D eigenvalue weighted by atomic mass is 9.57. The van der Waals surface area contributed by atoms with Crippen LogP contribution in [0.25, 0.3) is 0 Å². The van der Waals surface area contributed by atoms with E-state index in [2.05, 4.69) is 15.3 Å². The van der Waals surface area contributed by atoms with E-state index in [1.807, 2.05) is 0 Å². The van der Waals surface area contributed by atoms with Gasteiger partial charge in [-0.25, -0.2) is 9.97 Å². The Morgan fingerprint density at radius 3 is 2.29 bits per heavy atom. The van der Waals surface area contributed by atoms with Crippen molar-refractivity contribution in [1.82, 2.24) is 15.3 Å². The molecule has 0 radical (unpaired) electrons. The molecular weight excluding hydrogens is 319 g/mol. The van der Waals surface area contributed by atoms with Crippen LogP contribution in [0.3, 0.4) is 0 Å². The summed E-state index contributed by atoms with van der Waals surface area (Å²) in [4.78, 5) is 20.9. The van der Waals surface area contributed by atoms with Crippen LogP contribution in [0, 0.1) is 5.41 Å². The van der Waals surface area contributed by atoms with Crippen LogP contribution in [-0.2, 0) is 0 Å². The summed E-state index contributed by atoms with van der Waals surface area (Å²) < 4.78 is 40.0. The van der Waals surface area contributed by atoms with Crippen molar-refractivity contribution in [1.29, 1.82) is 0 Å². The fraction of sp³-hybridized carbons (Fsp3) is 0.706. The van der Waals surface area contributed by atoms with Gasteiger partial charge in [-0.3, -0.25) is 4.79 Å². The zero-order valence-electron chi connectivity index (χ0n) is 13.3. The third kappa shape index (κ3) is 2.48. The molecule has 1 amide bonds. The average molecular weight is 339 g/mol. The van der Waals surface area contributed by atoms with Crippen molar-refractivity contribution >= 4 is 5.91 Å². The van der Waals surface area contributed by atoms with E-state index in [-0.39, 0.29) is 25.2 Å². The Balaban J connectivity index is 1.50. The second-order valence-corrected chi connectivity index (χ2v) is 7.61. The van der Waals surface area contributed by atoms with Gasteiger partial charge in [-0.2, -0.15) is 13.2 Å². The van der Waals surface area contributed by atoms with Crippen LogP contribution in [0.4, 0.5) is 13.2 Å². The number of hydrogen-bond acceptors (Lipinski definition) is 3. The molecule has 0 saturated heterocycles. The van der Waals surface area contributed by atoms with E-state index in [0.717, 1.165) is 18.5 Å². The number of halogens is 3. The van der Waals surface area contributed by atoms with Crippen LogP contribution in [0.15, 0.2) is 12.5 Å². The van der Waals surface area contributed by atoms with Gasteiger partial charge in [0.05, 0.1) is 16.7 Å². The standard InChI is InChI=1S/C17H20F3N3O/c18-17(19,20)15-3-6-16(7-4-15,8-5-15)23-14(24)12-9-21-10-22-13(12)11-1-2-11/h9-11H,1-8H2,(H,23,24). The molecule has 4 nitrogen and oxygen atoms in total. The smallest absolute Gasteiger partial charge is 0.346 e. The Labute approximate surface area is 138 Å². The molecule has 7 heteroatoms. The van der Waals surface area contributed by atoms with E-state index in [1.54, 1.807) is 0 Å². The Kier molecular flexibility index (Phi) is 3.41. The van der Waals surface area contributed by atoms with E-state index >= 15 is 0 Å². The number of nitrogens with one attached hydrogen (secondary N) is 1. The van der Waals surface area contributed by atoms with Crippen molar-refractivity contribution < 1.29 is 18.0 Å². The summed E-state index contributed by atoms with van der Waals surface area (Å²) in [6.07, 6.45) is 2.38. The number of carbonyl (C=O) groups excluding carboxylic acids is 1. The molecule has 4 saturated carbocycles. The van der Waals surface area contributed by atoms with E-state index < -0.39 is 17.1 Å². The Hall–Kier alpha value is -1.66. The van der Waals surface area contributed by atoms with Crippen molar-refractivity contribution in [2.24, 2.45) is 5.41 Å². The zero-order chi connectivity index (χ0) is 17.0. The fourth-order valence-corrected chi connectivity index (χ4v) is 4.30. The normalized spacial score (nSPS) is 32.6. The number of nitrogens with zero attached hydrogens (tertiary/aromatic N) is 2. The zero-order valence-corrected chi connectivity index (χ0v) is 13.3. The van der Waals surface area contributed by atoms with Gasteiger partial charge in [0, 0.05) is 17.7 Å². The van der Waals surface area contributed by atoms with Crippen LogP contribution in [0.2, 0.25) is 0 Å². The SMILES string of the molecule is O=C(NC12CCC(C(F)(F)F)(CC1)CC2)c1cncnc1C1CC1. The molecule has 5 rings (SSSR count).